The van der Waals surface area contributed by atoms with Gasteiger partial charge in [0.1, 0.15) is 0 Å². The van der Waals surface area contributed by atoms with E-state index in [1.807, 2.05) is 24.3 Å². The average molecular weight is 147 g/mol. The lowest BCUT2D eigenvalue weighted by Gasteiger charge is -1.95. The summed E-state index contributed by atoms with van der Waals surface area (Å²) in [7, 11) is 0. The van der Waals surface area contributed by atoms with Gasteiger partial charge in [0.15, 0.2) is 0 Å². The van der Waals surface area contributed by atoms with Crippen molar-refractivity contribution in [1.82, 2.24) is 4.57 Å². The molecule has 2 bridgehead atoms. The lowest BCUT2D eigenvalue weighted by molar-refractivity contribution is 0.281. The zero-order valence-corrected chi connectivity index (χ0v) is 5.61. The van der Waals surface area contributed by atoms with Crippen molar-refractivity contribution in [2.24, 2.45) is 0 Å². The summed E-state index contributed by atoms with van der Waals surface area (Å²) < 4.78 is 6.52. The normalized spacial score (nSPS) is 12.0. The van der Waals surface area contributed by atoms with Crippen LogP contribution in [-0.4, -0.2) is 9.68 Å². The van der Waals surface area contributed by atoms with Crippen LogP contribution in [0.2, 0.25) is 0 Å². The first kappa shape index (κ1) is 5.07. The third kappa shape index (κ3) is 0.392. The highest BCUT2D eigenvalue weighted by Gasteiger charge is 2.19. The van der Waals surface area contributed by atoms with Gasteiger partial charge in [-0.2, -0.15) is 0 Å². The Morgan fingerprint density at radius 2 is 2.09 bits per heavy atom. The molecule has 3 heteroatoms. The summed E-state index contributed by atoms with van der Waals surface area (Å²) in [6.07, 6.45) is 0. The predicted octanol–water partition coefficient (Wildman–Crippen LogP) is 1.83. The number of rotatable bonds is 0. The number of nitrogens with zero attached hydrogens (tertiary/aromatic N) is 1. The second-order valence-corrected chi connectivity index (χ2v) is 2.56. The highest BCUT2D eigenvalue weighted by atomic mass is 16.5. The molecule has 0 atom stereocenters. The monoisotopic (exact) mass is 147 g/mol. The van der Waals surface area contributed by atoms with Gasteiger partial charge in [0, 0.05) is 0 Å². The van der Waals surface area contributed by atoms with E-state index in [1.165, 1.54) is 4.57 Å². The number of hydrogen-bond donors (Lipinski definition) is 1. The van der Waals surface area contributed by atoms with Gasteiger partial charge >= 0.3 is 0 Å². The van der Waals surface area contributed by atoms with Crippen LogP contribution in [0, 0.1) is 0 Å². The Hall–Kier alpha value is -1.64. The van der Waals surface area contributed by atoms with E-state index in [-0.39, 0.29) is 5.88 Å². The Bertz CT molecular complexity index is 463. The average Bonchev–Trinajstić information content (AvgIpc) is 2.54. The largest absolute Gasteiger partial charge is 0.490 e. The maximum Gasteiger partial charge on any atom is 0.273 e. The van der Waals surface area contributed by atoms with E-state index in [0.717, 1.165) is 10.9 Å². The van der Waals surface area contributed by atoms with Gasteiger partial charge in [0.2, 0.25) is 5.58 Å². The first-order valence-corrected chi connectivity index (χ1v) is 3.38. The lowest BCUT2D eigenvalue weighted by atomic mass is 10.2. The molecule has 3 nitrogen and oxygen atoms in total. The molecule has 0 aliphatic heterocycles. The standard InChI is InChI=1S/C8H5NO2/c10-8-7-5-3-1-2-4-6(5)9(8)11-7/h1-4,10H. The van der Waals surface area contributed by atoms with E-state index in [0.29, 0.717) is 5.58 Å². The van der Waals surface area contributed by atoms with Gasteiger partial charge in [-0.15, -0.1) is 4.57 Å². The van der Waals surface area contributed by atoms with Crippen molar-refractivity contribution in [2.75, 3.05) is 0 Å². The van der Waals surface area contributed by atoms with E-state index < -0.39 is 0 Å². The van der Waals surface area contributed by atoms with Gasteiger partial charge in [-0.05, 0) is 12.1 Å². The summed E-state index contributed by atoms with van der Waals surface area (Å²) in [5, 5.41) is 10.2. The number of aromatic hydroxyl groups is 1. The van der Waals surface area contributed by atoms with Crippen molar-refractivity contribution < 1.29 is 9.63 Å². The number of benzene rings is 1. The summed E-state index contributed by atoms with van der Waals surface area (Å²) in [4.78, 5) is 0. The van der Waals surface area contributed by atoms with Gasteiger partial charge < -0.3 is 9.63 Å². The smallest absolute Gasteiger partial charge is 0.273 e. The van der Waals surface area contributed by atoms with Crippen LogP contribution >= 0.6 is 0 Å². The van der Waals surface area contributed by atoms with Crippen molar-refractivity contribution in [3.63, 3.8) is 0 Å². The fourth-order valence-electron chi connectivity index (χ4n) is 1.40. The zero-order chi connectivity index (χ0) is 7.42. The molecule has 0 aliphatic rings. The number of aromatic nitrogens is 1. The molecular weight excluding hydrogens is 142 g/mol. The van der Waals surface area contributed by atoms with E-state index in [1.54, 1.807) is 0 Å². The van der Waals surface area contributed by atoms with Gasteiger partial charge in [-0.3, -0.25) is 0 Å². The molecule has 4 rings (SSSR count). The fourth-order valence-corrected chi connectivity index (χ4v) is 1.40. The van der Waals surface area contributed by atoms with Crippen molar-refractivity contribution >= 4 is 16.5 Å². The van der Waals surface area contributed by atoms with Gasteiger partial charge in [0.05, 0.1) is 10.9 Å². The van der Waals surface area contributed by atoms with Crippen LogP contribution in [0.1, 0.15) is 0 Å². The second kappa shape index (κ2) is 1.34. The Kier molecular flexibility index (Phi) is 0.619. The van der Waals surface area contributed by atoms with Crippen LogP contribution in [0.3, 0.4) is 0 Å². The van der Waals surface area contributed by atoms with Crippen LogP contribution in [0.15, 0.2) is 28.8 Å². The molecule has 1 N–H and O–H groups in total. The van der Waals surface area contributed by atoms with Crippen LogP contribution < -0.4 is 0 Å². The Balaban J connectivity index is 2.72. The van der Waals surface area contributed by atoms with E-state index >= 15 is 0 Å². The van der Waals surface area contributed by atoms with Crippen LogP contribution in [0.4, 0.5) is 0 Å². The number of hydrogen-bond acceptors (Lipinski definition) is 2. The number of para-hydroxylation sites is 1. The Labute approximate surface area is 61.8 Å². The van der Waals surface area contributed by atoms with Crippen molar-refractivity contribution in [3.8, 4) is 5.88 Å². The minimum atomic E-state index is 0.228. The molecule has 0 radical (unpaired) electrons. The Morgan fingerprint density at radius 1 is 1.27 bits per heavy atom. The minimum Gasteiger partial charge on any atom is -0.490 e. The second-order valence-electron chi connectivity index (χ2n) is 2.56. The van der Waals surface area contributed by atoms with Crippen molar-refractivity contribution in [3.05, 3.63) is 24.3 Å². The van der Waals surface area contributed by atoms with Gasteiger partial charge in [0.25, 0.3) is 5.88 Å². The molecule has 0 unspecified atom stereocenters. The Morgan fingerprint density at radius 3 is 2.82 bits per heavy atom. The van der Waals surface area contributed by atoms with Crippen LogP contribution in [0.25, 0.3) is 16.5 Å². The molecule has 1 aromatic carbocycles. The molecule has 11 heavy (non-hydrogen) atoms. The SMILES string of the molecule is Oc1c2on1c1ccccc21. The van der Waals surface area contributed by atoms with Crippen LogP contribution in [-0.2, 0) is 0 Å². The molecule has 0 fully saturated rings. The van der Waals surface area contributed by atoms with E-state index in [9.17, 15) is 5.11 Å². The lowest BCUT2D eigenvalue weighted by Crippen LogP contribution is -1.82. The third-order valence-corrected chi connectivity index (χ3v) is 1.95. The summed E-state index contributed by atoms with van der Waals surface area (Å²) in [5.41, 5.74) is 1.53. The van der Waals surface area contributed by atoms with Gasteiger partial charge in [-0.1, -0.05) is 12.1 Å². The van der Waals surface area contributed by atoms with Crippen LogP contribution in [0.5, 0.6) is 5.88 Å². The molecule has 0 spiro atoms. The summed E-state index contributed by atoms with van der Waals surface area (Å²) in [6, 6.07) is 7.67. The molecule has 0 aliphatic carbocycles. The maximum absolute atomic E-state index is 9.25. The molecule has 3 heterocycles. The molecule has 0 saturated heterocycles. The topological polar surface area (TPSA) is 37.8 Å². The summed E-state index contributed by atoms with van der Waals surface area (Å²) >= 11 is 0. The summed E-state index contributed by atoms with van der Waals surface area (Å²) in [5.74, 6) is 0.228. The molecule has 0 amide bonds. The highest BCUT2D eigenvalue weighted by molar-refractivity contribution is 5.99. The molecule has 3 aromatic heterocycles. The molecule has 4 aromatic rings. The predicted molar refractivity (Wildman–Crippen MR) is 40.0 cm³/mol. The zero-order valence-electron chi connectivity index (χ0n) is 5.61. The third-order valence-electron chi connectivity index (χ3n) is 1.95. The summed E-state index contributed by atoms with van der Waals surface area (Å²) in [6.45, 7) is 0. The van der Waals surface area contributed by atoms with Crippen molar-refractivity contribution in [2.45, 2.75) is 0 Å². The fraction of sp³-hybridized carbons (Fsp3) is 0. The quantitative estimate of drug-likeness (QED) is 0.526. The first-order valence-electron chi connectivity index (χ1n) is 3.38. The van der Waals surface area contributed by atoms with Crippen molar-refractivity contribution in [1.29, 1.82) is 0 Å². The van der Waals surface area contributed by atoms with E-state index in [4.69, 9.17) is 4.52 Å². The minimum absolute atomic E-state index is 0.228. The molecule has 54 valence electrons. The van der Waals surface area contributed by atoms with Gasteiger partial charge in [-0.25, -0.2) is 0 Å². The highest BCUT2D eigenvalue weighted by Crippen LogP contribution is 2.36. The first-order chi connectivity index (χ1) is 5.38. The van der Waals surface area contributed by atoms with E-state index in [2.05, 4.69) is 0 Å². The molecule has 0 saturated carbocycles. The maximum atomic E-state index is 9.25. The molecular formula is C8H5NO2.